The Morgan fingerprint density at radius 1 is 1.17 bits per heavy atom. The largest absolute Gasteiger partial charge is 0.396 e. The summed E-state index contributed by atoms with van der Waals surface area (Å²) in [7, 11) is 0. The van der Waals surface area contributed by atoms with Crippen LogP contribution in [0.3, 0.4) is 0 Å². The van der Waals surface area contributed by atoms with Gasteiger partial charge < -0.3 is 5.11 Å². The number of halogens is 1. The van der Waals surface area contributed by atoms with Gasteiger partial charge in [-0.15, -0.1) is 5.10 Å². The van der Waals surface area contributed by atoms with E-state index in [1.54, 1.807) is 28.9 Å². The van der Waals surface area contributed by atoms with Crippen LogP contribution in [0.25, 0.3) is 16.8 Å². The van der Waals surface area contributed by atoms with Crippen LogP contribution in [-0.2, 0) is 0 Å². The highest BCUT2D eigenvalue weighted by atomic mass is 19.1. The third-order valence-electron chi connectivity index (χ3n) is 5.17. The number of aromatic nitrogens is 4. The Morgan fingerprint density at radius 3 is 2.55 bits per heavy atom. The number of nitrogens with zero attached hydrogens (tertiary/aromatic N) is 4. The average molecular weight is 394 g/mol. The summed E-state index contributed by atoms with van der Waals surface area (Å²) < 4.78 is 15.1. The van der Waals surface area contributed by atoms with Gasteiger partial charge in [-0.3, -0.25) is 4.79 Å². The quantitative estimate of drug-likeness (QED) is 0.614. The third kappa shape index (κ3) is 4.24. The molecule has 0 amide bonds. The molecule has 0 atom stereocenters. The van der Waals surface area contributed by atoms with Gasteiger partial charge >= 0.3 is 0 Å². The number of aliphatic hydroxyl groups excluding tert-OH is 1. The molecule has 7 heteroatoms. The molecule has 1 aliphatic rings. The van der Waals surface area contributed by atoms with Crippen LogP contribution in [0.5, 0.6) is 0 Å². The normalized spacial score (nSPS) is 14.2. The number of rotatable bonds is 7. The minimum absolute atomic E-state index is 0.0738. The van der Waals surface area contributed by atoms with E-state index in [1.165, 1.54) is 12.1 Å². The molecule has 0 saturated heterocycles. The van der Waals surface area contributed by atoms with Crippen molar-refractivity contribution in [1.82, 2.24) is 20.2 Å². The van der Waals surface area contributed by atoms with Crippen LogP contribution in [0.15, 0.2) is 42.5 Å². The molecule has 1 aromatic heterocycles. The summed E-state index contributed by atoms with van der Waals surface area (Å²) in [6, 6.07) is 11.6. The standard InChI is InChI=1S/C22H23FN4O2/c1-22(2,13-28)12-20(29)17-9-16(14-5-7-18(23)8-6-14)10-19(11-17)27-21(15-3-4-15)24-25-26-27/h5-11,15,28H,3-4,12-13H2,1-2H3. The van der Waals surface area contributed by atoms with Gasteiger partial charge in [0, 0.05) is 24.5 Å². The topological polar surface area (TPSA) is 80.9 Å². The first-order valence-electron chi connectivity index (χ1n) is 9.70. The predicted molar refractivity (Wildman–Crippen MR) is 106 cm³/mol. The summed E-state index contributed by atoms with van der Waals surface area (Å²) >= 11 is 0. The lowest BCUT2D eigenvalue weighted by molar-refractivity contribution is 0.0858. The number of Topliss-reactive ketones (excluding diaryl/α,β-unsaturated/α-hetero) is 1. The van der Waals surface area contributed by atoms with Gasteiger partial charge in [0.15, 0.2) is 11.6 Å². The van der Waals surface area contributed by atoms with Crippen LogP contribution < -0.4 is 0 Å². The minimum atomic E-state index is -0.517. The second-order valence-corrected chi connectivity index (χ2v) is 8.42. The van der Waals surface area contributed by atoms with Crippen LogP contribution in [0.1, 0.15) is 55.2 Å². The van der Waals surface area contributed by atoms with Crippen molar-refractivity contribution in [2.75, 3.05) is 6.61 Å². The maximum Gasteiger partial charge on any atom is 0.163 e. The van der Waals surface area contributed by atoms with Gasteiger partial charge in [-0.1, -0.05) is 26.0 Å². The number of aliphatic hydroxyl groups is 1. The third-order valence-corrected chi connectivity index (χ3v) is 5.17. The summed E-state index contributed by atoms with van der Waals surface area (Å²) in [6.45, 7) is 3.62. The van der Waals surface area contributed by atoms with Crippen molar-refractivity contribution in [3.63, 3.8) is 0 Å². The van der Waals surface area contributed by atoms with Gasteiger partial charge in [0.05, 0.1) is 5.69 Å². The molecule has 1 heterocycles. The molecule has 0 radical (unpaired) electrons. The highest BCUT2D eigenvalue weighted by Gasteiger charge is 2.30. The molecular weight excluding hydrogens is 371 g/mol. The predicted octanol–water partition coefficient (Wildman–Crippen LogP) is 3.94. The summed E-state index contributed by atoms with van der Waals surface area (Å²) in [4.78, 5) is 13.0. The van der Waals surface area contributed by atoms with Gasteiger partial charge in [-0.2, -0.15) is 4.68 Å². The molecular formula is C22H23FN4O2. The fraction of sp³-hybridized carbons (Fsp3) is 0.364. The first-order chi connectivity index (χ1) is 13.9. The molecule has 150 valence electrons. The number of carbonyl (C=O) groups is 1. The Morgan fingerprint density at radius 2 is 1.90 bits per heavy atom. The zero-order chi connectivity index (χ0) is 20.6. The van der Waals surface area contributed by atoms with Crippen LogP contribution >= 0.6 is 0 Å². The highest BCUT2D eigenvalue weighted by molar-refractivity contribution is 5.98. The zero-order valence-electron chi connectivity index (χ0n) is 16.5. The Kier molecular flexibility index (Phi) is 5.00. The zero-order valence-corrected chi connectivity index (χ0v) is 16.5. The number of benzene rings is 2. The van der Waals surface area contributed by atoms with Gasteiger partial charge in [0.25, 0.3) is 0 Å². The second-order valence-electron chi connectivity index (χ2n) is 8.42. The Bertz CT molecular complexity index is 1040. The first kappa shape index (κ1) is 19.4. The molecule has 0 spiro atoms. The summed E-state index contributed by atoms with van der Waals surface area (Å²) in [5.74, 6) is 0.736. The fourth-order valence-corrected chi connectivity index (χ4v) is 3.27. The Hall–Kier alpha value is -2.93. The molecule has 0 bridgehead atoms. The number of hydrogen-bond acceptors (Lipinski definition) is 5. The van der Waals surface area contributed by atoms with Crippen molar-refractivity contribution >= 4 is 5.78 Å². The van der Waals surface area contributed by atoms with Gasteiger partial charge in [-0.05, 0) is 70.1 Å². The van der Waals surface area contributed by atoms with Gasteiger partial charge in [0.2, 0.25) is 0 Å². The molecule has 6 nitrogen and oxygen atoms in total. The van der Waals surface area contributed by atoms with Crippen LogP contribution in [-0.4, -0.2) is 37.7 Å². The van der Waals surface area contributed by atoms with Crippen LogP contribution in [0.4, 0.5) is 4.39 Å². The molecule has 0 aliphatic heterocycles. The monoisotopic (exact) mass is 394 g/mol. The Balaban J connectivity index is 1.80. The molecule has 0 unspecified atom stereocenters. The van der Waals surface area contributed by atoms with Crippen LogP contribution in [0.2, 0.25) is 0 Å². The fourth-order valence-electron chi connectivity index (χ4n) is 3.27. The van der Waals surface area contributed by atoms with E-state index >= 15 is 0 Å². The number of tetrazole rings is 1. The lowest BCUT2D eigenvalue weighted by Crippen LogP contribution is -2.21. The van der Waals surface area contributed by atoms with E-state index in [2.05, 4.69) is 15.5 Å². The van der Waals surface area contributed by atoms with E-state index in [1.807, 2.05) is 19.9 Å². The van der Waals surface area contributed by atoms with E-state index in [4.69, 9.17) is 0 Å². The van der Waals surface area contributed by atoms with E-state index < -0.39 is 5.41 Å². The number of ketones is 1. The van der Waals surface area contributed by atoms with Crippen molar-refractivity contribution in [3.05, 3.63) is 59.7 Å². The van der Waals surface area contributed by atoms with E-state index in [0.29, 0.717) is 17.2 Å². The SMILES string of the molecule is CC(C)(CO)CC(=O)c1cc(-c2ccc(F)cc2)cc(-n2nnnc2C2CC2)c1. The van der Waals surface area contributed by atoms with E-state index in [0.717, 1.165) is 29.8 Å². The van der Waals surface area contributed by atoms with Gasteiger partial charge in [-0.25, -0.2) is 4.39 Å². The molecule has 1 N–H and O–H groups in total. The van der Waals surface area contributed by atoms with Crippen LogP contribution in [0, 0.1) is 11.2 Å². The lowest BCUT2D eigenvalue weighted by Gasteiger charge is -2.20. The molecule has 4 rings (SSSR count). The molecule has 29 heavy (non-hydrogen) atoms. The molecule has 2 aromatic carbocycles. The lowest BCUT2D eigenvalue weighted by atomic mass is 9.86. The summed E-state index contributed by atoms with van der Waals surface area (Å²) in [5, 5.41) is 21.6. The highest BCUT2D eigenvalue weighted by Crippen LogP contribution is 2.39. The maximum absolute atomic E-state index is 13.4. The number of hydrogen-bond donors (Lipinski definition) is 1. The maximum atomic E-state index is 13.4. The van der Waals surface area contributed by atoms with Crippen molar-refractivity contribution in [2.45, 2.75) is 39.0 Å². The second kappa shape index (κ2) is 7.48. The molecule has 1 saturated carbocycles. The molecule has 3 aromatic rings. The molecule has 1 aliphatic carbocycles. The molecule has 1 fully saturated rings. The van der Waals surface area contributed by atoms with E-state index in [-0.39, 0.29) is 24.6 Å². The van der Waals surface area contributed by atoms with Crippen molar-refractivity contribution in [1.29, 1.82) is 0 Å². The van der Waals surface area contributed by atoms with Crippen molar-refractivity contribution < 1.29 is 14.3 Å². The van der Waals surface area contributed by atoms with Crippen molar-refractivity contribution in [2.24, 2.45) is 5.41 Å². The first-order valence-corrected chi connectivity index (χ1v) is 9.70. The van der Waals surface area contributed by atoms with Crippen molar-refractivity contribution in [3.8, 4) is 16.8 Å². The van der Waals surface area contributed by atoms with Gasteiger partial charge in [0.1, 0.15) is 5.82 Å². The minimum Gasteiger partial charge on any atom is -0.396 e. The average Bonchev–Trinajstić information content (AvgIpc) is 3.44. The summed E-state index contributed by atoms with van der Waals surface area (Å²) in [5.41, 5.74) is 2.27. The number of carbonyl (C=O) groups excluding carboxylic acids is 1. The Labute approximate surface area is 168 Å². The van der Waals surface area contributed by atoms with E-state index in [9.17, 15) is 14.3 Å². The summed E-state index contributed by atoms with van der Waals surface area (Å²) in [6.07, 6.45) is 2.31. The smallest absolute Gasteiger partial charge is 0.163 e.